The van der Waals surface area contributed by atoms with Crippen LogP contribution in [0.15, 0.2) is 12.2 Å². The maximum Gasteiger partial charge on any atom is 0.120 e. The van der Waals surface area contributed by atoms with Crippen LogP contribution < -0.4 is 0 Å². The molecular weight excluding hydrogens is 176 g/mol. The lowest BCUT2D eigenvalue weighted by atomic mass is 9.82. The van der Waals surface area contributed by atoms with Gasteiger partial charge < -0.3 is 9.90 Å². The SMILES string of the molecule is C=C(C(C)C)[C@H](O)[C@H](CC=O)C(C)C. The third kappa shape index (κ3) is 3.62. The number of rotatable bonds is 6. The van der Waals surface area contributed by atoms with Crippen molar-refractivity contribution in [3.8, 4) is 0 Å². The topological polar surface area (TPSA) is 37.3 Å². The van der Waals surface area contributed by atoms with Gasteiger partial charge in [-0.1, -0.05) is 34.3 Å². The Hall–Kier alpha value is -0.630. The molecule has 0 aromatic carbocycles. The van der Waals surface area contributed by atoms with E-state index in [2.05, 4.69) is 6.58 Å². The summed E-state index contributed by atoms with van der Waals surface area (Å²) < 4.78 is 0. The molecule has 0 spiro atoms. The van der Waals surface area contributed by atoms with E-state index in [0.717, 1.165) is 11.9 Å². The van der Waals surface area contributed by atoms with Gasteiger partial charge in [-0.25, -0.2) is 0 Å². The minimum atomic E-state index is -0.555. The number of aliphatic hydroxyl groups excluding tert-OH is 1. The normalized spacial score (nSPS) is 15.6. The maximum absolute atomic E-state index is 10.5. The number of carbonyl (C=O) groups is 1. The Morgan fingerprint density at radius 1 is 1.36 bits per heavy atom. The lowest BCUT2D eigenvalue weighted by molar-refractivity contribution is -0.109. The molecule has 0 heterocycles. The van der Waals surface area contributed by atoms with Crippen molar-refractivity contribution in [3.63, 3.8) is 0 Å². The molecule has 2 heteroatoms. The highest BCUT2D eigenvalue weighted by Crippen LogP contribution is 2.26. The molecular formula is C12H22O2. The van der Waals surface area contributed by atoms with E-state index in [4.69, 9.17) is 0 Å². The Labute approximate surface area is 87.0 Å². The molecule has 0 aliphatic rings. The number of carbonyl (C=O) groups excluding carboxylic acids is 1. The van der Waals surface area contributed by atoms with Gasteiger partial charge in [0.15, 0.2) is 0 Å². The second kappa shape index (κ2) is 5.97. The summed E-state index contributed by atoms with van der Waals surface area (Å²) in [4.78, 5) is 10.5. The summed E-state index contributed by atoms with van der Waals surface area (Å²) in [7, 11) is 0. The van der Waals surface area contributed by atoms with Crippen molar-refractivity contribution in [2.24, 2.45) is 17.8 Å². The molecule has 0 aromatic rings. The second-order valence-corrected chi connectivity index (χ2v) is 4.48. The lowest BCUT2D eigenvalue weighted by Gasteiger charge is -2.27. The highest BCUT2D eigenvalue weighted by atomic mass is 16.3. The Bertz CT molecular complexity index is 194. The fourth-order valence-corrected chi connectivity index (χ4v) is 1.49. The molecule has 82 valence electrons. The zero-order valence-electron chi connectivity index (χ0n) is 9.66. The summed E-state index contributed by atoms with van der Waals surface area (Å²) >= 11 is 0. The van der Waals surface area contributed by atoms with E-state index in [9.17, 15) is 9.90 Å². The van der Waals surface area contributed by atoms with Crippen LogP contribution in [0, 0.1) is 17.8 Å². The largest absolute Gasteiger partial charge is 0.388 e. The first kappa shape index (κ1) is 13.4. The molecule has 2 nitrogen and oxygen atoms in total. The number of hydrogen-bond donors (Lipinski definition) is 1. The minimum absolute atomic E-state index is 0.00222. The van der Waals surface area contributed by atoms with Crippen molar-refractivity contribution in [2.75, 3.05) is 0 Å². The van der Waals surface area contributed by atoms with Gasteiger partial charge in [0.2, 0.25) is 0 Å². The highest BCUT2D eigenvalue weighted by molar-refractivity contribution is 5.50. The number of hydrogen-bond acceptors (Lipinski definition) is 2. The van der Waals surface area contributed by atoms with E-state index in [1.807, 2.05) is 27.7 Å². The van der Waals surface area contributed by atoms with Crippen LogP contribution in [0.1, 0.15) is 34.1 Å². The van der Waals surface area contributed by atoms with Gasteiger partial charge in [-0.3, -0.25) is 0 Å². The molecule has 0 radical (unpaired) electrons. The smallest absolute Gasteiger partial charge is 0.120 e. The highest BCUT2D eigenvalue weighted by Gasteiger charge is 2.25. The summed E-state index contributed by atoms with van der Waals surface area (Å²) in [6, 6.07) is 0. The molecule has 0 saturated heterocycles. The van der Waals surface area contributed by atoms with Crippen molar-refractivity contribution in [3.05, 3.63) is 12.2 Å². The van der Waals surface area contributed by atoms with Crippen LogP contribution in [-0.4, -0.2) is 17.5 Å². The number of aliphatic hydroxyl groups is 1. The first-order valence-electron chi connectivity index (χ1n) is 5.22. The van der Waals surface area contributed by atoms with Crippen LogP contribution >= 0.6 is 0 Å². The first-order valence-corrected chi connectivity index (χ1v) is 5.22. The van der Waals surface area contributed by atoms with Crippen LogP contribution in [-0.2, 0) is 4.79 Å². The fourth-order valence-electron chi connectivity index (χ4n) is 1.49. The molecule has 0 saturated carbocycles. The molecule has 1 N–H and O–H groups in total. The molecule has 0 unspecified atom stereocenters. The fraction of sp³-hybridized carbons (Fsp3) is 0.750. The van der Waals surface area contributed by atoms with E-state index < -0.39 is 6.10 Å². The van der Waals surface area contributed by atoms with Crippen molar-refractivity contribution >= 4 is 6.29 Å². The maximum atomic E-state index is 10.5. The van der Waals surface area contributed by atoms with Crippen LogP contribution in [0.3, 0.4) is 0 Å². The summed E-state index contributed by atoms with van der Waals surface area (Å²) in [6.45, 7) is 11.9. The van der Waals surface area contributed by atoms with Gasteiger partial charge in [0, 0.05) is 6.42 Å². The van der Waals surface area contributed by atoms with E-state index in [0.29, 0.717) is 12.3 Å². The predicted octanol–water partition coefficient (Wildman–Crippen LogP) is 2.42. The summed E-state index contributed by atoms with van der Waals surface area (Å²) in [5.41, 5.74) is 0.825. The van der Waals surface area contributed by atoms with Gasteiger partial charge in [-0.15, -0.1) is 0 Å². The Morgan fingerprint density at radius 3 is 2.14 bits per heavy atom. The zero-order valence-corrected chi connectivity index (χ0v) is 9.66. The zero-order chi connectivity index (χ0) is 11.3. The quantitative estimate of drug-likeness (QED) is 0.525. The second-order valence-electron chi connectivity index (χ2n) is 4.48. The predicted molar refractivity (Wildman–Crippen MR) is 59.0 cm³/mol. The molecule has 0 aliphatic heterocycles. The molecule has 0 bridgehead atoms. The van der Waals surface area contributed by atoms with Crippen molar-refractivity contribution in [1.82, 2.24) is 0 Å². The average Bonchev–Trinajstić information content (AvgIpc) is 2.11. The van der Waals surface area contributed by atoms with Crippen LogP contribution in [0.2, 0.25) is 0 Å². The average molecular weight is 198 g/mol. The summed E-state index contributed by atoms with van der Waals surface area (Å²) in [6.07, 6.45) is 0.728. The number of aldehydes is 1. The van der Waals surface area contributed by atoms with E-state index >= 15 is 0 Å². The van der Waals surface area contributed by atoms with Gasteiger partial charge in [0.1, 0.15) is 6.29 Å². The van der Waals surface area contributed by atoms with Gasteiger partial charge in [-0.05, 0) is 23.3 Å². The van der Waals surface area contributed by atoms with Gasteiger partial charge in [0.05, 0.1) is 6.10 Å². The summed E-state index contributed by atoms with van der Waals surface area (Å²) in [5, 5.41) is 9.99. The van der Waals surface area contributed by atoms with Gasteiger partial charge in [0.25, 0.3) is 0 Å². The first-order chi connectivity index (χ1) is 6.41. The van der Waals surface area contributed by atoms with Crippen LogP contribution in [0.5, 0.6) is 0 Å². The third-order valence-electron chi connectivity index (χ3n) is 2.75. The minimum Gasteiger partial charge on any atom is -0.388 e. The molecule has 0 amide bonds. The third-order valence-corrected chi connectivity index (χ3v) is 2.75. The van der Waals surface area contributed by atoms with E-state index in [1.165, 1.54) is 0 Å². The van der Waals surface area contributed by atoms with Crippen molar-refractivity contribution in [2.45, 2.75) is 40.2 Å². The summed E-state index contributed by atoms with van der Waals surface area (Å²) in [5.74, 6) is 0.561. The van der Waals surface area contributed by atoms with Gasteiger partial charge in [-0.2, -0.15) is 0 Å². The Balaban J connectivity index is 4.50. The molecule has 14 heavy (non-hydrogen) atoms. The lowest BCUT2D eigenvalue weighted by Crippen LogP contribution is -2.29. The van der Waals surface area contributed by atoms with E-state index in [1.54, 1.807) is 0 Å². The van der Waals surface area contributed by atoms with Gasteiger partial charge >= 0.3 is 0 Å². The monoisotopic (exact) mass is 198 g/mol. The van der Waals surface area contributed by atoms with Crippen LogP contribution in [0.4, 0.5) is 0 Å². The Morgan fingerprint density at radius 2 is 1.86 bits per heavy atom. The molecule has 0 fully saturated rings. The van der Waals surface area contributed by atoms with Crippen molar-refractivity contribution in [1.29, 1.82) is 0 Å². The Kier molecular flexibility index (Phi) is 5.70. The van der Waals surface area contributed by atoms with Crippen LogP contribution in [0.25, 0.3) is 0 Å². The van der Waals surface area contributed by atoms with Crippen molar-refractivity contribution < 1.29 is 9.90 Å². The van der Waals surface area contributed by atoms with E-state index in [-0.39, 0.29) is 11.8 Å². The molecule has 0 aromatic heterocycles. The molecule has 2 atom stereocenters. The standard InChI is InChI=1S/C12H22O2/c1-8(2)10(5)12(14)11(6-7-13)9(3)4/h7-9,11-12,14H,5-6H2,1-4H3/t11-,12+/m1/s1. The molecule has 0 aliphatic carbocycles. The molecule has 0 rings (SSSR count).